The van der Waals surface area contributed by atoms with Crippen molar-refractivity contribution in [3.63, 3.8) is 0 Å². The van der Waals surface area contributed by atoms with Crippen LogP contribution in [0, 0.1) is 13.8 Å². The molecule has 3 saturated heterocycles. The van der Waals surface area contributed by atoms with E-state index in [0.717, 1.165) is 94.7 Å². The van der Waals surface area contributed by atoms with Crippen LogP contribution in [0.15, 0.2) is 60.9 Å². The SMILES string of the molecule is Cc1ncnc(C)c1C(=O)N1CCC(C)(N2CCC(N(Cc3ccccc3)c3ccc(CNC(=O)[C@@H]4CCCN4)cc3)CC2)CC1. The van der Waals surface area contributed by atoms with E-state index in [1.807, 2.05) is 18.7 Å². The number of carbonyl (C=O) groups is 2. The Labute approximate surface area is 273 Å². The minimum Gasteiger partial charge on any atom is -0.364 e. The second-order valence-corrected chi connectivity index (χ2v) is 13.6. The Kier molecular flexibility index (Phi) is 9.99. The zero-order valence-corrected chi connectivity index (χ0v) is 27.7. The zero-order valence-electron chi connectivity index (χ0n) is 27.7. The molecule has 0 spiro atoms. The van der Waals surface area contributed by atoms with Gasteiger partial charge in [0.1, 0.15) is 6.33 Å². The third-order valence-corrected chi connectivity index (χ3v) is 10.5. The molecule has 3 aromatic rings. The van der Waals surface area contributed by atoms with Crippen molar-refractivity contribution in [2.45, 2.75) is 90.0 Å². The van der Waals surface area contributed by atoms with Gasteiger partial charge in [-0.05, 0) is 89.1 Å². The van der Waals surface area contributed by atoms with Crippen LogP contribution in [0.4, 0.5) is 5.69 Å². The van der Waals surface area contributed by atoms with Crippen LogP contribution in [0.5, 0.6) is 0 Å². The lowest BCUT2D eigenvalue weighted by Gasteiger charge is -2.50. The Morgan fingerprint density at radius 3 is 2.22 bits per heavy atom. The average molecular weight is 624 g/mol. The molecule has 46 heavy (non-hydrogen) atoms. The van der Waals surface area contributed by atoms with Crippen molar-refractivity contribution in [1.29, 1.82) is 0 Å². The molecular formula is C37H49N7O2. The lowest BCUT2D eigenvalue weighted by molar-refractivity contribution is -0.122. The van der Waals surface area contributed by atoms with Gasteiger partial charge in [0, 0.05) is 56.5 Å². The van der Waals surface area contributed by atoms with E-state index >= 15 is 0 Å². The summed E-state index contributed by atoms with van der Waals surface area (Å²) >= 11 is 0. The molecule has 0 radical (unpaired) electrons. The molecule has 2 aromatic carbocycles. The summed E-state index contributed by atoms with van der Waals surface area (Å²) < 4.78 is 0. The number of hydrogen-bond donors (Lipinski definition) is 2. The zero-order chi connectivity index (χ0) is 32.1. The van der Waals surface area contributed by atoms with E-state index in [2.05, 4.69) is 91.9 Å². The first-order valence-electron chi connectivity index (χ1n) is 17.0. The van der Waals surface area contributed by atoms with Crippen LogP contribution in [0.2, 0.25) is 0 Å². The van der Waals surface area contributed by atoms with Gasteiger partial charge in [0.15, 0.2) is 0 Å². The van der Waals surface area contributed by atoms with Gasteiger partial charge in [0.05, 0.1) is 23.0 Å². The fourth-order valence-electron chi connectivity index (χ4n) is 7.52. The number of benzene rings is 2. The summed E-state index contributed by atoms with van der Waals surface area (Å²) in [5, 5.41) is 6.38. The maximum Gasteiger partial charge on any atom is 0.257 e. The van der Waals surface area contributed by atoms with E-state index in [1.165, 1.54) is 17.6 Å². The van der Waals surface area contributed by atoms with E-state index in [0.29, 0.717) is 18.2 Å². The highest BCUT2D eigenvalue weighted by molar-refractivity contribution is 5.96. The van der Waals surface area contributed by atoms with Crippen LogP contribution in [0.3, 0.4) is 0 Å². The quantitative estimate of drug-likeness (QED) is 0.359. The van der Waals surface area contributed by atoms with E-state index in [1.54, 1.807) is 0 Å². The first-order valence-corrected chi connectivity index (χ1v) is 17.0. The van der Waals surface area contributed by atoms with Crippen molar-refractivity contribution >= 4 is 17.5 Å². The molecule has 1 atom stereocenters. The molecule has 3 aliphatic heterocycles. The van der Waals surface area contributed by atoms with Crippen LogP contribution in [-0.2, 0) is 17.9 Å². The summed E-state index contributed by atoms with van der Waals surface area (Å²) in [6.07, 6.45) is 7.64. The molecule has 0 unspecified atom stereocenters. The van der Waals surface area contributed by atoms with Gasteiger partial charge < -0.3 is 20.4 Å². The molecule has 0 aliphatic carbocycles. The van der Waals surface area contributed by atoms with Gasteiger partial charge in [-0.2, -0.15) is 0 Å². The van der Waals surface area contributed by atoms with Gasteiger partial charge >= 0.3 is 0 Å². The van der Waals surface area contributed by atoms with E-state index in [-0.39, 0.29) is 23.4 Å². The lowest BCUT2D eigenvalue weighted by Crippen LogP contribution is -2.58. The van der Waals surface area contributed by atoms with Gasteiger partial charge in [-0.3, -0.25) is 14.5 Å². The van der Waals surface area contributed by atoms with Crippen LogP contribution in [0.1, 0.15) is 78.3 Å². The fourth-order valence-corrected chi connectivity index (χ4v) is 7.52. The molecule has 0 bridgehead atoms. The second-order valence-electron chi connectivity index (χ2n) is 13.6. The van der Waals surface area contributed by atoms with Crippen molar-refractivity contribution in [3.8, 4) is 0 Å². The molecule has 9 nitrogen and oxygen atoms in total. The topological polar surface area (TPSA) is 93.7 Å². The molecule has 1 aromatic heterocycles. The van der Waals surface area contributed by atoms with Crippen molar-refractivity contribution in [2.24, 2.45) is 0 Å². The Morgan fingerprint density at radius 1 is 0.913 bits per heavy atom. The highest BCUT2D eigenvalue weighted by atomic mass is 16.2. The summed E-state index contributed by atoms with van der Waals surface area (Å²) in [4.78, 5) is 41.7. The fraction of sp³-hybridized carbons (Fsp3) is 0.514. The lowest BCUT2D eigenvalue weighted by atomic mass is 9.85. The van der Waals surface area contributed by atoms with Crippen molar-refractivity contribution < 1.29 is 9.59 Å². The van der Waals surface area contributed by atoms with Gasteiger partial charge in [0.2, 0.25) is 5.91 Å². The number of aromatic nitrogens is 2. The van der Waals surface area contributed by atoms with E-state index in [4.69, 9.17) is 0 Å². The predicted octanol–water partition coefficient (Wildman–Crippen LogP) is 4.63. The summed E-state index contributed by atoms with van der Waals surface area (Å²) in [5.41, 5.74) is 5.91. The highest BCUT2D eigenvalue weighted by Gasteiger charge is 2.40. The maximum atomic E-state index is 13.4. The minimum atomic E-state index is -0.0540. The van der Waals surface area contributed by atoms with Crippen LogP contribution < -0.4 is 15.5 Å². The molecule has 6 rings (SSSR count). The van der Waals surface area contributed by atoms with Crippen LogP contribution in [-0.4, -0.2) is 81.9 Å². The number of nitrogens with zero attached hydrogens (tertiary/aromatic N) is 5. The summed E-state index contributed by atoms with van der Waals surface area (Å²) in [6.45, 7) is 12.1. The second kappa shape index (κ2) is 14.3. The predicted molar refractivity (Wildman–Crippen MR) is 182 cm³/mol. The molecule has 2 amide bonds. The van der Waals surface area contributed by atoms with Gasteiger partial charge in [-0.1, -0.05) is 42.5 Å². The van der Waals surface area contributed by atoms with Crippen molar-refractivity contribution in [1.82, 2.24) is 30.4 Å². The molecule has 4 heterocycles. The van der Waals surface area contributed by atoms with Crippen LogP contribution >= 0.6 is 0 Å². The number of piperidine rings is 2. The number of rotatable bonds is 9. The minimum absolute atomic E-state index is 0.0540. The van der Waals surface area contributed by atoms with Gasteiger partial charge in [-0.15, -0.1) is 0 Å². The normalized spacial score (nSPS) is 20.4. The van der Waals surface area contributed by atoms with Gasteiger partial charge in [0.25, 0.3) is 5.91 Å². The number of nitrogens with one attached hydrogen (secondary N) is 2. The number of carbonyl (C=O) groups excluding carboxylic acids is 2. The number of anilines is 1. The number of amides is 2. The summed E-state index contributed by atoms with van der Waals surface area (Å²) in [5.74, 6) is 0.160. The van der Waals surface area contributed by atoms with Crippen LogP contribution in [0.25, 0.3) is 0 Å². The number of hydrogen-bond acceptors (Lipinski definition) is 7. The van der Waals surface area contributed by atoms with E-state index in [9.17, 15) is 9.59 Å². The summed E-state index contributed by atoms with van der Waals surface area (Å²) in [6, 6.07) is 19.9. The third-order valence-electron chi connectivity index (χ3n) is 10.5. The Balaban J connectivity index is 1.07. The molecule has 244 valence electrons. The smallest absolute Gasteiger partial charge is 0.257 e. The first kappa shape index (κ1) is 32.1. The third kappa shape index (κ3) is 7.26. The van der Waals surface area contributed by atoms with Gasteiger partial charge in [-0.25, -0.2) is 9.97 Å². The standard InChI is InChI=1S/C37H49N7O2/c1-27-34(28(2)41-26-40-27)36(46)42-22-17-37(3,18-23-42)43-20-15-32(16-21-43)44(25-30-8-5-4-6-9-30)31-13-11-29(12-14-31)24-39-35(45)33-10-7-19-38-33/h4-6,8-9,11-14,26,32-33,38H,7,10,15-25H2,1-3H3,(H,39,45)/t33-/m0/s1. The average Bonchev–Trinajstić information content (AvgIpc) is 3.63. The Morgan fingerprint density at radius 2 is 1.59 bits per heavy atom. The largest absolute Gasteiger partial charge is 0.364 e. The highest BCUT2D eigenvalue weighted by Crippen LogP contribution is 2.34. The molecule has 2 N–H and O–H groups in total. The monoisotopic (exact) mass is 623 g/mol. The Bertz CT molecular complexity index is 1450. The van der Waals surface area contributed by atoms with Crippen molar-refractivity contribution in [3.05, 3.63) is 89.0 Å². The molecule has 9 heteroatoms. The summed E-state index contributed by atoms with van der Waals surface area (Å²) in [7, 11) is 0. The molecular weight excluding hydrogens is 574 g/mol. The first-order chi connectivity index (χ1) is 22.3. The Hall–Kier alpha value is -3.82. The number of aryl methyl sites for hydroxylation is 2. The molecule has 3 aliphatic rings. The molecule has 0 saturated carbocycles. The van der Waals surface area contributed by atoms with E-state index < -0.39 is 0 Å². The maximum absolute atomic E-state index is 13.4. The number of likely N-dealkylation sites (tertiary alicyclic amines) is 2. The van der Waals surface area contributed by atoms with Crippen molar-refractivity contribution in [2.75, 3.05) is 37.6 Å². The molecule has 3 fully saturated rings.